The van der Waals surface area contributed by atoms with Crippen molar-refractivity contribution < 1.29 is 5.11 Å². The van der Waals surface area contributed by atoms with Gasteiger partial charge in [0, 0.05) is 11.5 Å². The second-order valence-corrected chi connectivity index (χ2v) is 5.46. The summed E-state index contributed by atoms with van der Waals surface area (Å²) in [5.74, 6) is 1.68. The summed E-state index contributed by atoms with van der Waals surface area (Å²) in [4.78, 5) is 0. The lowest BCUT2D eigenvalue weighted by Crippen LogP contribution is -2.00. The molecule has 2 heteroatoms. The summed E-state index contributed by atoms with van der Waals surface area (Å²) in [6, 6.07) is 18.4. The maximum absolute atomic E-state index is 10.0. The lowest BCUT2D eigenvalue weighted by atomic mass is 10.1. The molecular weight excluding hydrogens is 240 g/mol. The van der Waals surface area contributed by atoms with E-state index in [9.17, 15) is 5.11 Å². The predicted octanol–water partition coefficient (Wildman–Crippen LogP) is 3.96. The predicted molar refractivity (Wildman–Crippen MR) is 78.7 cm³/mol. The number of hydrogen-bond donors (Lipinski definition) is 1. The molecule has 0 radical (unpaired) electrons. The minimum Gasteiger partial charge on any atom is -0.388 e. The summed E-state index contributed by atoms with van der Waals surface area (Å²) in [6.45, 7) is 2.09. The third kappa shape index (κ3) is 3.90. The van der Waals surface area contributed by atoms with Crippen LogP contribution < -0.4 is 0 Å². The Morgan fingerprint density at radius 3 is 2.33 bits per heavy atom. The zero-order chi connectivity index (χ0) is 12.8. The minimum atomic E-state index is -0.373. The monoisotopic (exact) mass is 258 g/mol. The summed E-state index contributed by atoms with van der Waals surface area (Å²) in [5.41, 5.74) is 3.59. The van der Waals surface area contributed by atoms with E-state index < -0.39 is 0 Å². The van der Waals surface area contributed by atoms with Crippen molar-refractivity contribution in [3.8, 4) is 0 Å². The van der Waals surface area contributed by atoms with Gasteiger partial charge in [0.1, 0.15) is 0 Å². The van der Waals surface area contributed by atoms with Crippen molar-refractivity contribution in [2.75, 3.05) is 5.75 Å². The van der Waals surface area contributed by atoms with Gasteiger partial charge in [-0.1, -0.05) is 60.2 Å². The number of rotatable bonds is 5. The van der Waals surface area contributed by atoms with E-state index in [1.54, 1.807) is 11.8 Å². The molecule has 2 aromatic rings. The quantitative estimate of drug-likeness (QED) is 0.876. The van der Waals surface area contributed by atoms with E-state index in [2.05, 4.69) is 31.2 Å². The molecule has 2 rings (SSSR count). The maximum Gasteiger partial charge on any atom is 0.0880 e. The largest absolute Gasteiger partial charge is 0.388 e. The number of aryl methyl sites for hydroxylation is 1. The molecule has 1 nitrogen and oxygen atoms in total. The van der Waals surface area contributed by atoms with Crippen molar-refractivity contribution in [3.05, 3.63) is 71.3 Å². The van der Waals surface area contributed by atoms with Crippen LogP contribution in [0.25, 0.3) is 0 Å². The molecule has 0 heterocycles. The van der Waals surface area contributed by atoms with Crippen molar-refractivity contribution in [2.45, 2.75) is 18.8 Å². The summed E-state index contributed by atoms with van der Waals surface area (Å²) >= 11 is 1.77. The van der Waals surface area contributed by atoms with Crippen LogP contribution in [0.5, 0.6) is 0 Å². The van der Waals surface area contributed by atoms with E-state index in [4.69, 9.17) is 0 Å². The van der Waals surface area contributed by atoms with Crippen molar-refractivity contribution in [2.24, 2.45) is 0 Å². The van der Waals surface area contributed by atoms with Crippen LogP contribution >= 0.6 is 11.8 Å². The Kier molecular flexibility index (Phi) is 4.85. The molecule has 0 spiro atoms. The molecule has 1 atom stereocenters. The molecule has 18 heavy (non-hydrogen) atoms. The Morgan fingerprint density at radius 1 is 1.00 bits per heavy atom. The minimum absolute atomic E-state index is 0.373. The normalized spacial score (nSPS) is 12.3. The summed E-state index contributed by atoms with van der Waals surface area (Å²) in [5, 5.41) is 10.0. The Morgan fingerprint density at radius 2 is 1.67 bits per heavy atom. The van der Waals surface area contributed by atoms with E-state index in [1.165, 1.54) is 11.1 Å². The van der Waals surface area contributed by atoms with Crippen molar-refractivity contribution in [1.82, 2.24) is 0 Å². The summed E-state index contributed by atoms with van der Waals surface area (Å²) in [7, 11) is 0. The second kappa shape index (κ2) is 6.62. The summed E-state index contributed by atoms with van der Waals surface area (Å²) in [6.07, 6.45) is -0.373. The standard InChI is InChI=1S/C16H18OS/c1-13-7-9-14(10-8-13)11-18-12-16(17)15-5-3-2-4-6-15/h2-10,16-17H,11-12H2,1H3. The first-order valence-corrected chi connectivity index (χ1v) is 7.27. The lowest BCUT2D eigenvalue weighted by Gasteiger charge is -2.10. The van der Waals surface area contributed by atoms with Crippen LogP contribution in [0.15, 0.2) is 54.6 Å². The average molecular weight is 258 g/mol. The lowest BCUT2D eigenvalue weighted by molar-refractivity contribution is 0.204. The number of hydrogen-bond acceptors (Lipinski definition) is 2. The third-order valence-corrected chi connectivity index (χ3v) is 3.94. The van der Waals surface area contributed by atoms with Crippen LogP contribution in [0.1, 0.15) is 22.8 Å². The highest BCUT2D eigenvalue weighted by Crippen LogP contribution is 2.21. The smallest absolute Gasteiger partial charge is 0.0880 e. The zero-order valence-corrected chi connectivity index (χ0v) is 11.4. The fraction of sp³-hybridized carbons (Fsp3) is 0.250. The van der Waals surface area contributed by atoms with Crippen LogP contribution in [-0.4, -0.2) is 10.9 Å². The van der Waals surface area contributed by atoms with E-state index in [1.807, 2.05) is 30.3 Å². The molecule has 0 bridgehead atoms. The van der Waals surface area contributed by atoms with Crippen LogP contribution in [0.2, 0.25) is 0 Å². The maximum atomic E-state index is 10.0. The molecule has 0 aromatic heterocycles. The zero-order valence-electron chi connectivity index (χ0n) is 10.5. The number of aliphatic hydroxyl groups is 1. The van der Waals surface area contributed by atoms with Gasteiger partial charge in [0.25, 0.3) is 0 Å². The van der Waals surface area contributed by atoms with Gasteiger partial charge in [0.05, 0.1) is 6.10 Å². The molecule has 0 aliphatic carbocycles. The molecule has 2 aromatic carbocycles. The fourth-order valence-electron chi connectivity index (χ4n) is 1.74. The van der Waals surface area contributed by atoms with Gasteiger partial charge in [0.2, 0.25) is 0 Å². The first kappa shape index (κ1) is 13.2. The molecule has 94 valence electrons. The first-order valence-electron chi connectivity index (χ1n) is 6.12. The van der Waals surface area contributed by atoms with Gasteiger partial charge in [-0.25, -0.2) is 0 Å². The second-order valence-electron chi connectivity index (χ2n) is 4.43. The number of thioether (sulfide) groups is 1. The van der Waals surface area contributed by atoms with E-state index in [0.29, 0.717) is 0 Å². The Labute approximate surface area is 113 Å². The molecule has 0 fully saturated rings. The molecule has 0 amide bonds. The van der Waals surface area contributed by atoms with Gasteiger partial charge in [-0.3, -0.25) is 0 Å². The molecule has 1 N–H and O–H groups in total. The van der Waals surface area contributed by atoms with Gasteiger partial charge in [-0.15, -0.1) is 0 Å². The van der Waals surface area contributed by atoms with Gasteiger partial charge in [-0.05, 0) is 18.1 Å². The van der Waals surface area contributed by atoms with E-state index >= 15 is 0 Å². The Bertz CT molecular complexity index is 464. The van der Waals surface area contributed by atoms with Crippen LogP contribution in [0.3, 0.4) is 0 Å². The van der Waals surface area contributed by atoms with Gasteiger partial charge < -0.3 is 5.11 Å². The molecule has 0 aliphatic heterocycles. The topological polar surface area (TPSA) is 20.2 Å². The average Bonchev–Trinajstić information content (AvgIpc) is 2.42. The van der Waals surface area contributed by atoms with Crippen molar-refractivity contribution >= 4 is 11.8 Å². The summed E-state index contributed by atoms with van der Waals surface area (Å²) < 4.78 is 0. The SMILES string of the molecule is Cc1ccc(CSCC(O)c2ccccc2)cc1. The van der Waals surface area contributed by atoms with Gasteiger partial charge in [-0.2, -0.15) is 11.8 Å². The van der Waals surface area contributed by atoms with E-state index in [-0.39, 0.29) is 6.10 Å². The van der Waals surface area contributed by atoms with Crippen LogP contribution in [0, 0.1) is 6.92 Å². The van der Waals surface area contributed by atoms with Crippen molar-refractivity contribution in [3.63, 3.8) is 0 Å². The molecule has 0 aliphatic rings. The van der Waals surface area contributed by atoms with Crippen LogP contribution in [0.4, 0.5) is 0 Å². The van der Waals surface area contributed by atoms with Crippen LogP contribution in [-0.2, 0) is 5.75 Å². The molecule has 0 saturated heterocycles. The van der Waals surface area contributed by atoms with Crippen molar-refractivity contribution in [1.29, 1.82) is 0 Å². The number of aliphatic hydroxyl groups excluding tert-OH is 1. The van der Waals surface area contributed by atoms with Gasteiger partial charge in [0.15, 0.2) is 0 Å². The Hall–Kier alpha value is -1.25. The number of benzene rings is 2. The third-order valence-electron chi connectivity index (χ3n) is 2.85. The highest BCUT2D eigenvalue weighted by atomic mass is 32.2. The highest BCUT2D eigenvalue weighted by Gasteiger charge is 2.06. The van der Waals surface area contributed by atoms with E-state index in [0.717, 1.165) is 17.1 Å². The molecule has 0 saturated carbocycles. The first-order chi connectivity index (χ1) is 8.75. The molecule has 1 unspecified atom stereocenters. The fourth-order valence-corrected chi connectivity index (χ4v) is 2.71. The van der Waals surface area contributed by atoms with Gasteiger partial charge >= 0.3 is 0 Å². The Balaban J connectivity index is 1.80. The highest BCUT2D eigenvalue weighted by molar-refractivity contribution is 7.98. The molecular formula is C16H18OS.